The Labute approximate surface area is 130 Å². The van der Waals surface area contributed by atoms with E-state index >= 15 is 0 Å². The molecule has 1 fully saturated rings. The number of hydrogen-bond donors (Lipinski definition) is 1. The fourth-order valence-corrected chi connectivity index (χ4v) is 3.26. The van der Waals surface area contributed by atoms with E-state index in [4.69, 9.17) is 0 Å². The lowest BCUT2D eigenvalue weighted by atomic mass is 10.1. The lowest BCUT2D eigenvalue weighted by Gasteiger charge is -2.21. The fraction of sp³-hybridized carbons (Fsp3) is 0.533. The van der Waals surface area contributed by atoms with Gasteiger partial charge in [-0.2, -0.15) is 0 Å². The molecule has 0 atom stereocenters. The Balaban J connectivity index is 2.07. The van der Waals surface area contributed by atoms with Crippen molar-refractivity contribution in [3.8, 4) is 0 Å². The van der Waals surface area contributed by atoms with E-state index in [1.807, 2.05) is 6.92 Å². The van der Waals surface area contributed by atoms with Crippen LogP contribution >= 0.6 is 0 Å². The van der Waals surface area contributed by atoms with Crippen LogP contribution < -0.4 is 5.32 Å². The normalized spacial score (nSPS) is 14.7. The van der Waals surface area contributed by atoms with Gasteiger partial charge in [0.1, 0.15) is 5.82 Å². The number of urea groups is 1. The van der Waals surface area contributed by atoms with Crippen molar-refractivity contribution < 1.29 is 17.6 Å². The van der Waals surface area contributed by atoms with Gasteiger partial charge in [-0.25, -0.2) is 17.6 Å². The molecular weight excluding hydrogens is 307 g/mol. The Bertz CT molecular complexity index is 657. The number of rotatable bonds is 6. The number of sulfone groups is 1. The molecule has 1 saturated carbocycles. The SMILES string of the molecule is CCN(C(=O)NCc1cc(F)ccc1CS(C)(=O)=O)C1CC1. The number of hydrogen-bond acceptors (Lipinski definition) is 3. The van der Waals surface area contributed by atoms with Crippen LogP contribution in [0, 0.1) is 5.82 Å². The number of nitrogens with zero attached hydrogens (tertiary/aromatic N) is 1. The number of halogens is 1. The predicted molar refractivity (Wildman–Crippen MR) is 82.6 cm³/mol. The monoisotopic (exact) mass is 328 g/mol. The van der Waals surface area contributed by atoms with E-state index in [0.29, 0.717) is 23.7 Å². The Kier molecular flexibility index (Phi) is 5.05. The van der Waals surface area contributed by atoms with Crippen molar-refractivity contribution in [3.63, 3.8) is 0 Å². The number of nitrogens with one attached hydrogen (secondary N) is 1. The van der Waals surface area contributed by atoms with Crippen LogP contribution in [0.4, 0.5) is 9.18 Å². The van der Waals surface area contributed by atoms with Crippen LogP contribution in [0.15, 0.2) is 18.2 Å². The first-order valence-corrected chi connectivity index (χ1v) is 9.35. The summed E-state index contributed by atoms with van der Waals surface area (Å²) in [7, 11) is -3.22. The molecule has 0 heterocycles. The van der Waals surface area contributed by atoms with Gasteiger partial charge >= 0.3 is 6.03 Å². The molecule has 1 aromatic rings. The van der Waals surface area contributed by atoms with Crippen LogP contribution in [0.2, 0.25) is 0 Å². The molecule has 7 heteroatoms. The number of amides is 2. The molecule has 0 saturated heterocycles. The summed E-state index contributed by atoms with van der Waals surface area (Å²) in [6, 6.07) is 4.06. The zero-order chi connectivity index (χ0) is 16.3. The quantitative estimate of drug-likeness (QED) is 0.869. The standard InChI is InChI=1S/C15H21FN2O3S/c1-3-18(14-6-7-14)15(19)17-9-12-8-13(16)5-4-11(12)10-22(2,20)21/h4-5,8,14H,3,6-7,9-10H2,1-2H3,(H,17,19). The molecule has 0 bridgehead atoms. The van der Waals surface area contributed by atoms with Gasteiger partial charge in [-0.15, -0.1) is 0 Å². The fourth-order valence-electron chi connectivity index (χ4n) is 2.41. The molecule has 1 aliphatic carbocycles. The first-order chi connectivity index (χ1) is 10.3. The van der Waals surface area contributed by atoms with Crippen molar-refractivity contribution in [2.45, 2.75) is 38.1 Å². The van der Waals surface area contributed by atoms with E-state index in [1.165, 1.54) is 18.2 Å². The van der Waals surface area contributed by atoms with E-state index < -0.39 is 15.7 Å². The second-order valence-corrected chi connectivity index (χ2v) is 7.80. The maximum atomic E-state index is 13.4. The van der Waals surface area contributed by atoms with Gasteiger partial charge in [-0.1, -0.05) is 6.07 Å². The van der Waals surface area contributed by atoms with E-state index in [1.54, 1.807) is 4.90 Å². The second-order valence-electron chi connectivity index (χ2n) is 5.66. The summed E-state index contributed by atoms with van der Waals surface area (Å²) in [6.45, 7) is 2.65. The largest absolute Gasteiger partial charge is 0.334 e. The molecule has 22 heavy (non-hydrogen) atoms. The highest BCUT2D eigenvalue weighted by Gasteiger charge is 2.31. The van der Waals surface area contributed by atoms with Gasteiger partial charge < -0.3 is 10.2 Å². The lowest BCUT2D eigenvalue weighted by Crippen LogP contribution is -2.41. The zero-order valence-electron chi connectivity index (χ0n) is 12.8. The van der Waals surface area contributed by atoms with Crippen LogP contribution in [0.3, 0.4) is 0 Å². The maximum absolute atomic E-state index is 13.4. The van der Waals surface area contributed by atoms with Crippen molar-refractivity contribution in [1.29, 1.82) is 0 Å². The topological polar surface area (TPSA) is 66.5 Å². The van der Waals surface area contributed by atoms with Gasteiger partial charge in [0.15, 0.2) is 9.84 Å². The molecule has 0 unspecified atom stereocenters. The molecule has 2 amide bonds. The van der Waals surface area contributed by atoms with Gasteiger partial charge in [0.2, 0.25) is 0 Å². The second kappa shape index (κ2) is 6.64. The Morgan fingerprint density at radius 3 is 2.59 bits per heavy atom. The highest BCUT2D eigenvalue weighted by molar-refractivity contribution is 7.89. The van der Waals surface area contributed by atoms with E-state index in [9.17, 15) is 17.6 Å². The minimum absolute atomic E-state index is 0.116. The summed E-state index contributed by atoms with van der Waals surface area (Å²) >= 11 is 0. The van der Waals surface area contributed by atoms with E-state index in [0.717, 1.165) is 19.1 Å². The van der Waals surface area contributed by atoms with Crippen molar-refractivity contribution in [1.82, 2.24) is 10.2 Å². The molecule has 5 nitrogen and oxygen atoms in total. The molecule has 122 valence electrons. The summed E-state index contributed by atoms with van der Waals surface area (Å²) < 4.78 is 36.3. The van der Waals surface area contributed by atoms with Crippen LogP contribution in [0.5, 0.6) is 0 Å². The Hall–Kier alpha value is -1.63. The average molecular weight is 328 g/mol. The van der Waals surface area contributed by atoms with Crippen molar-refractivity contribution in [3.05, 3.63) is 35.1 Å². The smallest absolute Gasteiger partial charge is 0.317 e. The summed E-state index contributed by atoms with van der Waals surface area (Å²) in [5, 5.41) is 2.75. The summed E-state index contributed by atoms with van der Waals surface area (Å²) in [5.74, 6) is -0.616. The third-order valence-corrected chi connectivity index (χ3v) is 4.44. The van der Waals surface area contributed by atoms with Gasteiger partial charge in [0.05, 0.1) is 5.75 Å². The molecule has 1 aromatic carbocycles. The average Bonchev–Trinajstić information content (AvgIpc) is 3.23. The first kappa shape index (κ1) is 16.7. The highest BCUT2D eigenvalue weighted by Crippen LogP contribution is 2.26. The van der Waals surface area contributed by atoms with E-state index in [2.05, 4.69) is 5.32 Å². The minimum atomic E-state index is -3.22. The van der Waals surface area contributed by atoms with Gasteiger partial charge in [-0.05, 0) is 43.0 Å². The molecule has 0 radical (unpaired) electrons. The van der Waals surface area contributed by atoms with Gasteiger partial charge in [0.25, 0.3) is 0 Å². The molecule has 2 rings (SSSR count). The third kappa shape index (κ3) is 4.69. The van der Waals surface area contributed by atoms with E-state index in [-0.39, 0.29) is 18.3 Å². The van der Waals surface area contributed by atoms with Crippen LogP contribution in [-0.4, -0.2) is 38.2 Å². The summed E-state index contributed by atoms with van der Waals surface area (Å²) in [6.07, 6.45) is 3.16. The van der Waals surface area contributed by atoms with Crippen molar-refractivity contribution in [2.24, 2.45) is 0 Å². The third-order valence-electron chi connectivity index (χ3n) is 3.61. The molecule has 1 aliphatic rings. The number of carbonyl (C=O) groups excluding carboxylic acids is 1. The molecule has 0 spiro atoms. The Morgan fingerprint density at radius 1 is 1.36 bits per heavy atom. The number of benzene rings is 1. The van der Waals surface area contributed by atoms with Gasteiger partial charge in [0, 0.05) is 25.4 Å². The molecule has 1 N–H and O–H groups in total. The molecule has 0 aromatic heterocycles. The van der Waals surface area contributed by atoms with Gasteiger partial charge in [-0.3, -0.25) is 0 Å². The van der Waals surface area contributed by atoms with Crippen LogP contribution in [0.1, 0.15) is 30.9 Å². The van der Waals surface area contributed by atoms with Crippen LogP contribution in [0.25, 0.3) is 0 Å². The molecule has 0 aliphatic heterocycles. The first-order valence-electron chi connectivity index (χ1n) is 7.29. The van der Waals surface area contributed by atoms with Crippen LogP contribution in [-0.2, 0) is 22.1 Å². The maximum Gasteiger partial charge on any atom is 0.317 e. The Morgan fingerprint density at radius 2 is 2.05 bits per heavy atom. The summed E-state index contributed by atoms with van der Waals surface area (Å²) in [4.78, 5) is 13.9. The lowest BCUT2D eigenvalue weighted by molar-refractivity contribution is 0.197. The molecular formula is C15H21FN2O3S. The minimum Gasteiger partial charge on any atom is -0.334 e. The summed E-state index contributed by atoms with van der Waals surface area (Å²) in [5.41, 5.74) is 1.00. The predicted octanol–water partition coefficient (Wildman–Crippen LogP) is 2.06. The zero-order valence-corrected chi connectivity index (χ0v) is 13.6. The number of carbonyl (C=O) groups is 1. The van der Waals surface area contributed by atoms with Crippen molar-refractivity contribution >= 4 is 15.9 Å². The van der Waals surface area contributed by atoms with Crippen molar-refractivity contribution in [2.75, 3.05) is 12.8 Å². The highest BCUT2D eigenvalue weighted by atomic mass is 32.2.